The molecule has 6 heteroatoms. The van der Waals surface area contributed by atoms with Gasteiger partial charge in [0.1, 0.15) is 12.2 Å². The number of nitrogens with zero attached hydrogens (tertiary/aromatic N) is 2. The van der Waals surface area contributed by atoms with Gasteiger partial charge in [-0.05, 0) is 25.0 Å². The fourth-order valence-electron chi connectivity index (χ4n) is 1.72. The van der Waals surface area contributed by atoms with E-state index < -0.39 is 0 Å². The smallest absolute Gasteiger partial charge is 0.233 e. The molecular weight excluding hydrogens is 224 g/mol. The number of amides is 1. The van der Waals surface area contributed by atoms with Gasteiger partial charge < -0.3 is 5.32 Å². The number of aromatic nitrogens is 3. The largest absolute Gasteiger partial charge is 0.355 e. The Hall–Kier alpha value is -1.04. The van der Waals surface area contributed by atoms with Crippen LogP contribution in [0.25, 0.3) is 0 Å². The van der Waals surface area contributed by atoms with Gasteiger partial charge in [-0.1, -0.05) is 0 Å². The molecule has 88 valence electrons. The van der Waals surface area contributed by atoms with Crippen LogP contribution in [0.1, 0.15) is 25.1 Å². The standard InChI is InChI=1S/C10H16N4OS/c15-10(8-3-2-6-16-8)11-5-1-4-9-12-7-13-14-9/h7-8H,1-6H2,(H,11,15)(H,12,13,14). The average Bonchev–Trinajstić information content (AvgIpc) is 2.96. The first kappa shape index (κ1) is 11.4. The van der Waals surface area contributed by atoms with E-state index in [1.54, 1.807) is 11.8 Å². The Morgan fingerprint density at radius 2 is 2.62 bits per heavy atom. The Morgan fingerprint density at radius 1 is 1.69 bits per heavy atom. The molecule has 1 unspecified atom stereocenters. The summed E-state index contributed by atoms with van der Waals surface area (Å²) < 4.78 is 0. The van der Waals surface area contributed by atoms with E-state index in [1.165, 1.54) is 12.7 Å². The molecular formula is C10H16N4OS. The molecule has 16 heavy (non-hydrogen) atoms. The third-order valence-electron chi connectivity index (χ3n) is 2.58. The van der Waals surface area contributed by atoms with Crippen molar-refractivity contribution in [2.24, 2.45) is 0 Å². The summed E-state index contributed by atoms with van der Waals surface area (Å²) in [5.41, 5.74) is 0. The third-order valence-corrected chi connectivity index (χ3v) is 3.95. The molecule has 0 spiro atoms. The summed E-state index contributed by atoms with van der Waals surface area (Å²) in [4.78, 5) is 15.7. The number of thioether (sulfide) groups is 1. The minimum absolute atomic E-state index is 0.185. The number of hydrogen-bond donors (Lipinski definition) is 2. The molecule has 1 amide bonds. The highest BCUT2D eigenvalue weighted by Crippen LogP contribution is 2.25. The predicted octanol–water partition coefficient (Wildman–Crippen LogP) is 0.749. The molecule has 1 atom stereocenters. The van der Waals surface area contributed by atoms with Gasteiger partial charge in [0.2, 0.25) is 5.91 Å². The zero-order chi connectivity index (χ0) is 11.2. The fourth-order valence-corrected chi connectivity index (χ4v) is 2.90. The average molecular weight is 240 g/mol. The molecule has 0 aliphatic carbocycles. The van der Waals surface area contributed by atoms with Gasteiger partial charge in [-0.15, -0.1) is 11.8 Å². The molecule has 1 aromatic heterocycles. The van der Waals surface area contributed by atoms with Crippen LogP contribution < -0.4 is 5.32 Å². The van der Waals surface area contributed by atoms with Crippen LogP contribution in [0.4, 0.5) is 0 Å². The lowest BCUT2D eigenvalue weighted by atomic mass is 10.2. The molecule has 2 N–H and O–H groups in total. The van der Waals surface area contributed by atoms with Crippen molar-refractivity contribution in [1.82, 2.24) is 20.5 Å². The molecule has 1 fully saturated rings. The van der Waals surface area contributed by atoms with E-state index in [0.29, 0.717) is 0 Å². The van der Waals surface area contributed by atoms with Gasteiger partial charge in [0.15, 0.2) is 0 Å². The summed E-state index contributed by atoms with van der Waals surface area (Å²) in [5.74, 6) is 2.19. The van der Waals surface area contributed by atoms with Gasteiger partial charge in [0.05, 0.1) is 5.25 Å². The van der Waals surface area contributed by atoms with Crippen molar-refractivity contribution >= 4 is 17.7 Å². The number of carbonyl (C=O) groups excluding carboxylic acids is 1. The first-order chi connectivity index (χ1) is 7.86. The number of hydrogen-bond acceptors (Lipinski definition) is 4. The topological polar surface area (TPSA) is 70.7 Å². The highest BCUT2D eigenvalue weighted by atomic mass is 32.2. The van der Waals surface area contributed by atoms with Gasteiger partial charge in [0.25, 0.3) is 0 Å². The molecule has 0 saturated carbocycles. The summed E-state index contributed by atoms with van der Waals surface area (Å²) in [5, 5.41) is 9.73. The van der Waals surface area contributed by atoms with Gasteiger partial charge >= 0.3 is 0 Å². The first-order valence-corrected chi connectivity index (χ1v) is 6.64. The highest BCUT2D eigenvalue weighted by molar-refractivity contribution is 8.00. The minimum atomic E-state index is 0.185. The van der Waals surface area contributed by atoms with E-state index in [-0.39, 0.29) is 11.2 Å². The van der Waals surface area contributed by atoms with E-state index in [2.05, 4.69) is 20.5 Å². The van der Waals surface area contributed by atoms with E-state index in [4.69, 9.17) is 0 Å². The second kappa shape index (κ2) is 5.89. The monoisotopic (exact) mass is 240 g/mol. The molecule has 5 nitrogen and oxygen atoms in total. The van der Waals surface area contributed by atoms with Crippen LogP contribution in [-0.2, 0) is 11.2 Å². The second-order valence-corrected chi connectivity index (χ2v) is 5.14. The van der Waals surface area contributed by atoms with Crippen molar-refractivity contribution < 1.29 is 4.79 Å². The maximum Gasteiger partial charge on any atom is 0.233 e. The summed E-state index contributed by atoms with van der Waals surface area (Å²) in [7, 11) is 0. The van der Waals surface area contributed by atoms with E-state index in [9.17, 15) is 4.79 Å². The lowest BCUT2D eigenvalue weighted by molar-refractivity contribution is -0.120. The van der Waals surface area contributed by atoms with Crippen LogP contribution in [-0.4, -0.2) is 38.6 Å². The molecule has 0 aromatic carbocycles. The number of rotatable bonds is 5. The van der Waals surface area contributed by atoms with Crippen LogP contribution in [0.2, 0.25) is 0 Å². The zero-order valence-electron chi connectivity index (χ0n) is 9.11. The number of aromatic amines is 1. The van der Waals surface area contributed by atoms with Crippen LogP contribution in [0.3, 0.4) is 0 Å². The van der Waals surface area contributed by atoms with Crippen LogP contribution in [0, 0.1) is 0 Å². The number of carbonyl (C=O) groups is 1. The molecule has 1 aliphatic rings. The molecule has 1 aliphatic heterocycles. The van der Waals surface area contributed by atoms with Gasteiger partial charge in [-0.3, -0.25) is 9.89 Å². The Labute approximate surface area is 98.8 Å². The summed E-state index contributed by atoms with van der Waals surface area (Å²) in [6, 6.07) is 0. The van der Waals surface area contributed by atoms with Crippen molar-refractivity contribution in [2.75, 3.05) is 12.3 Å². The van der Waals surface area contributed by atoms with Crippen molar-refractivity contribution in [1.29, 1.82) is 0 Å². The number of nitrogens with one attached hydrogen (secondary N) is 2. The molecule has 2 heterocycles. The lowest BCUT2D eigenvalue weighted by Crippen LogP contribution is -2.32. The Kier molecular flexibility index (Phi) is 4.21. The van der Waals surface area contributed by atoms with Crippen LogP contribution in [0.5, 0.6) is 0 Å². The highest BCUT2D eigenvalue weighted by Gasteiger charge is 2.22. The van der Waals surface area contributed by atoms with Crippen LogP contribution >= 0.6 is 11.8 Å². The quantitative estimate of drug-likeness (QED) is 0.745. The van der Waals surface area contributed by atoms with Crippen molar-refractivity contribution in [3.05, 3.63) is 12.2 Å². The SMILES string of the molecule is O=C(NCCCc1ncn[nH]1)C1CCCS1. The van der Waals surface area contributed by atoms with Gasteiger partial charge in [-0.25, -0.2) is 4.98 Å². The fraction of sp³-hybridized carbons (Fsp3) is 0.700. The third kappa shape index (κ3) is 3.23. The van der Waals surface area contributed by atoms with Crippen molar-refractivity contribution in [3.63, 3.8) is 0 Å². The maximum absolute atomic E-state index is 11.6. The normalized spacial score (nSPS) is 19.9. The molecule has 0 bridgehead atoms. The summed E-state index contributed by atoms with van der Waals surface area (Å²) in [6.07, 6.45) is 5.43. The molecule has 1 aromatic rings. The van der Waals surface area contributed by atoms with Gasteiger partial charge in [-0.2, -0.15) is 5.10 Å². The zero-order valence-corrected chi connectivity index (χ0v) is 9.92. The lowest BCUT2D eigenvalue weighted by Gasteiger charge is -2.08. The first-order valence-electron chi connectivity index (χ1n) is 5.60. The van der Waals surface area contributed by atoms with Crippen molar-refractivity contribution in [2.45, 2.75) is 30.9 Å². The van der Waals surface area contributed by atoms with E-state index >= 15 is 0 Å². The van der Waals surface area contributed by atoms with E-state index in [1.807, 2.05) is 0 Å². The molecule has 1 saturated heterocycles. The van der Waals surface area contributed by atoms with E-state index in [0.717, 1.165) is 37.4 Å². The maximum atomic E-state index is 11.6. The molecule has 2 rings (SSSR count). The Balaban J connectivity index is 1.59. The summed E-state index contributed by atoms with van der Waals surface area (Å²) >= 11 is 1.77. The second-order valence-electron chi connectivity index (χ2n) is 3.83. The predicted molar refractivity (Wildman–Crippen MR) is 63.2 cm³/mol. The van der Waals surface area contributed by atoms with Crippen molar-refractivity contribution in [3.8, 4) is 0 Å². The van der Waals surface area contributed by atoms with Gasteiger partial charge in [0, 0.05) is 13.0 Å². The summed E-state index contributed by atoms with van der Waals surface area (Å²) in [6.45, 7) is 0.719. The van der Waals surface area contributed by atoms with Crippen LogP contribution in [0.15, 0.2) is 6.33 Å². The minimum Gasteiger partial charge on any atom is -0.355 e. The number of aryl methyl sites for hydroxylation is 1. The Bertz CT molecular complexity index is 322. The Morgan fingerprint density at radius 3 is 3.31 bits per heavy atom. The number of H-pyrrole nitrogens is 1. The molecule has 0 radical (unpaired) electrons.